The summed E-state index contributed by atoms with van der Waals surface area (Å²) in [5, 5.41) is 0. The van der Waals surface area contributed by atoms with Crippen LogP contribution in [0, 0.1) is 0 Å². The number of hydrogen-bond acceptors (Lipinski definition) is 4. The van der Waals surface area contributed by atoms with Gasteiger partial charge in [-0.2, -0.15) is 0 Å². The van der Waals surface area contributed by atoms with E-state index in [1.165, 1.54) is 15.2 Å². The summed E-state index contributed by atoms with van der Waals surface area (Å²) in [6, 6.07) is 0. The Hall–Kier alpha value is 0.857. The van der Waals surface area contributed by atoms with Crippen molar-refractivity contribution in [1.29, 1.82) is 0 Å². The van der Waals surface area contributed by atoms with Crippen molar-refractivity contribution >= 4 is 74.6 Å². The Bertz CT molecular complexity index is 574. The Kier molecular flexibility index (Phi) is 5.00. The fourth-order valence-corrected chi connectivity index (χ4v) is 17.8. The van der Waals surface area contributed by atoms with Gasteiger partial charge in [-0.05, 0) is 0 Å². The van der Waals surface area contributed by atoms with Crippen molar-refractivity contribution in [2.45, 2.75) is 29.6 Å². The Morgan fingerprint density at radius 1 is 0.650 bits per heavy atom. The third-order valence-corrected chi connectivity index (χ3v) is 24.3. The zero-order valence-electron chi connectivity index (χ0n) is 13.6. The molecular weight excluding hydrogens is 502 g/mol. The van der Waals surface area contributed by atoms with Crippen LogP contribution in [0.4, 0.5) is 0 Å². The Morgan fingerprint density at radius 2 is 0.950 bits per heavy atom. The third kappa shape index (κ3) is 2.99. The molecule has 0 aliphatic rings. The number of rotatable bonds is 4. The molecule has 0 unspecified atom stereocenters. The van der Waals surface area contributed by atoms with Crippen molar-refractivity contribution in [3.63, 3.8) is 0 Å². The zero-order valence-corrected chi connectivity index (χ0v) is 21.0. The van der Waals surface area contributed by atoms with Gasteiger partial charge < -0.3 is 0 Å². The van der Waals surface area contributed by atoms with Gasteiger partial charge in [0.15, 0.2) is 0 Å². The van der Waals surface area contributed by atoms with Gasteiger partial charge in [0.1, 0.15) is 0 Å². The maximum atomic E-state index is 5.79. The minimum atomic E-state index is -2.14. The van der Waals surface area contributed by atoms with Crippen LogP contribution in [0.25, 0.3) is 9.40 Å². The van der Waals surface area contributed by atoms with Gasteiger partial charge in [0.05, 0.1) is 0 Å². The van der Waals surface area contributed by atoms with Gasteiger partial charge in [-0.1, -0.05) is 0 Å². The number of ether oxygens (including phenoxy) is 2. The number of methoxy groups -OCH3 is 2. The van der Waals surface area contributed by atoms with Crippen molar-refractivity contribution in [3.8, 4) is 11.5 Å². The van der Waals surface area contributed by atoms with Crippen LogP contribution in [-0.2, 0) is 0 Å². The molecule has 2 nitrogen and oxygen atoms in total. The monoisotopic (exact) mass is 528 g/mol. The van der Waals surface area contributed by atoms with Crippen LogP contribution in [0.2, 0.25) is 29.6 Å². The Balaban J connectivity index is 2.80. The van der Waals surface area contributed by atoms with Gasteiger partial charge in [-0.15, -0.1) is 0 Å². The first-order chi connectivity index (χ1) is 9.11. The summed E-state index contributed by atoms with van der Waals surface area (Å²) in [6.07, 6.45) is 0. The van der Waals surface area contributed by atoms with Crippen molar-refractivity contribution < 1.29 is 9.47 Å². The second-order valence-electron chi connectivity index (χ2n) is 7.09. The van der Waals surface area contributed by atoms with Gasteiger partial charge in [-0.3, -0.25) is 0 Å². The molecule has 0 bridgehead atoms. The van der Waals surface area contributed by atoms with Crippen LogP contribution in [0.5, 0.6) is 11.5 Å². The van der Waals surface area contributed by atoms with E-state index in [0.717, 1.165) is 11.5 Å². The van der Waals surface area contributed by atoms with E-state index < -0.39 is 36.8 Å². The molecule has 0 N–H and O–H groups in total. The van der Waals surface area contributed by atoms with Crippen molar-refractivity contribution in [2.24, 2.45) is 0 Å². The van der Waals surface area contributed by atoms with Crippen LogP contribution in [0.3, 0.4) is 0 Å². The molecular formula is C14H24O2S2Sn2. The molecule has 0 aromatic carbocycles. The van der Waals surface area contributed by atoms with Crippen molar-refractivity contribution in [3.05, 3.63) is 0 Å². The second kappa shape index (κ2) is 5.81. The first-order valence-corrected chi connectivity index (χ1v) is 28.4. The standard InChI is InChI=1S/C8H6O2S2.6CH3.2Sn/c1-9-5-3-11-8-6(10-2)4-12-7(5)8;;;;;;;;/h1-2H3;6*1H3;;. The molecule has 2 rings (SSSR count). The van der Waals surface area contributed by atoms with Gasteiger partial charge in [0, 0.05) is 0 Å². The fourth-order valence-electron chi connectivity index (χ4n) is 2.25. The number of hydrogen-bond donors (Lipinski definition) is 0. The second-order valence-corrected chi connectivity index (χ2v) is 39.7. The average molecular weight is 526 g/mol. The molecule has 2 heterocycles. The van der Waals surface area contributed by atoms with Crippen LogP contribution in [0.15, 0.2) is 0 Å². The van der Waals surface area contributed by atoms with E-state index in [1.807, 2.05) is 36.9 Å². The van der Waals surface area contributed by atoms with E-state index in [-0.39, 0.29) is 0 Å². The summed E-state index contributed by atoms with van der Waals surface area (Å²) in [6.45, 7) is 0. The summed E-state index contributed by atoms with van der Waals surface area (Å²) in [5.41, 5.74) is 0. The van der Waals surface area contributed by atoms with Gasteiger partial charge in [-0.25, -0.2) is 0 Å². The molecule has 20 heavy (non-hydrogen) atoms. The molecule has 6 heteroatoms. The van der Waals surface area contributed by atoms with E-state index in [4.69, 9.17) is 9.47 Å². The molecule has 0 spiro atoms. The zero-order chi connectivity index (χ0) is 15.3. The van der Waals surface area contributed by atoms with Crippen LogP contribution < -0.4 is 15.3 Å². The first-order valence-electron chi connectivity index (χ1n) is 6.79. The summed E-state index contributed by atoms with van der Waals surface area (Å²) in [5.74, 6) is 2.30. The summed E-state index contributed by atoms with van der Waals surface area (Å²) < 4.78 is 17.3. The summed E-state index contributed by atoms with van der Waals surface area (Å²) in [4.78, 5) is 14.7. The molecule has 0 amide bonds. The molecule has 2 aromatic heterocycles. The molecule has 0 atom stereocenters. The van der Waals surface area contributed by atoms with E-state index >= 15 is 0 Å². The summed E-state index contributed by atoms with van der Waals surface area (Å²) in [7, 11) is 3.63. The van der Waals surface area contributed by atoms with Crippen molar-refractivity contribution in [1.82, 2.24) is 0 Å². The number of thiophene rings is 2. The third-order valence-electron chi connectivity index (χ3n) is 3.21. The van der Waals surface area contributed by atoms with E-state index in [1.54, 1.807) is 0 Å². The van der Waals surface area contributed by atoms with Crippen molar-refractivity contribution in [2.75, 3.05) is 14.2 Å². The molecule has 0 fully saturated rings. The predicted molar refractivity (Wildman–Crippen MR) is 98.8 cm³/mol. The Morgan fingerprint density at radius 3 is 1.15 bits per heavy atom. The quantitative estimate of drug-likeness (QED) is 0.561. The molecule has 0 saturated heterocycles. The van der Waals surface area contributed by atoms with Gasteiger partial charge >= 0.3 is 139 Å². The predicted octanol–water partition coefficient (Wildman–Crippen LogP) is 4.07. The normalized spacial score (nSPS) is 13.0. The van der Waals surface area contributed by atoms with E-state index in [9.17, 15) is 0 Å². The maximum absolute atomic E-state index is 5.79. The van der Waals surface area contributed by atoms with Crippen LogP contribution in [0.1, 0.15) is 0 Å². The van der Waals surface area contributed by atoms with Crippen LogP contribution in [-0.4, -0.2) is 51.0 Å². The van der Waals surface area contributed by atoms with Gasteiger partial charge in [0.2, 0.25) is 0 Å². The Labute approximate surface area is 138 Å². The molecule has 0 aliphatic carbocycles. The molecule has 2 aromatic rings. The first kappa shape index (κ1) is 17.2. The van der Waals surface area contributed by atoms with E-state index in [2.05, 4.69) is 29.6 Å². The van der Waals surface area contributed by atoms with E-state index in [0.29, 0.717) is 0 Å². The molecule has 0 aliphatic heterocycles. The average Bonchev–Trinajstić information content (AvgIpc) is 2.81. The molecule has 112 valence electrons. The van der Waals surface area contributed by atoms with Crippen LogP contribution >= 0.6 is 22.7 Å². The molecule has 0 radical (unpaired) electrons. The number of fused-ring (bicyclic) bond motifs is 1. The topological polar surface area (TPSA) is 18.5 Å². The minimum absolute atomic E-state index is 1.15. The fraction of sp³-hybridized carbons (Fsp3) is 0.571. The summed E-state index contributed by atoms with van der Waals surface area (Å²) >= 11 is -0.425. The van der Waals surface area contributed by atoms with Gasteiger partial charge in [0.25, 0.3) is 0 Å². The SMILES string of the molecule is COc1[c]([Sn]([CH3])([CH3])[CH3])sc2c(OC)[c]([Sn]([CH3])([CH3])[CH3])sc12. The molecule has 0 saturated carbocycles.